The van der Waals surface area contributed by atoms with Gasteiger partial charge in [-0.2, -0.15) is 5.10 Å². The van der Waals surface area contributed by atoms with E-state index in [4.69, 9.17) is 9.72 Å². The molecular weight excluding hydrogens is 464 g/mol. The number of fused-ring (bicyclic) bond motifs is 1. The second kappa shape index (κ2) is 10.1. The lowest BCUT2D eigenvalue weighted by Crippen LogP contribution is -2.52. The molecule has 2 N–H and O–H groups in total. The lowest BCUT2D eigenvalue weighted by Gasteiger charge is -2.38. The van der Waals surface area contributed by atoms with Gasteiger partial charge in [-0.05, 0) is 39.0 Å². The molecule has 1 saturated heterocycles. The summed E-state index contributed by atoms with van der Waals surface area (Å²) in [5.41, 5.74) is 4.75. The number of nitrogens with zero attached hydrogens (tertiary/aromatic N) is 6. The summed E-state index contributed by atoms with van der Waals surface area (Å²) >= 11 is 1.49. The third-order valence-electron chi connectivity index (χ3n) is 5.91. The summed E-state index contributed by atoms with van der Waals surface area (Å²) in [5, 5.41) is 11.1. The molecule has 1 aliphatic heterocycles. The van der Waals surface area contributed by atoms with Crippen molar-refractivity contribution in [1.29, 1.82) is 0 Å². The summed E-state index contributed by atoms with van der Waals surface area (Å²) in [6.07, 6.45) is 3.99. The minimum atomic E-state index is -0.489. The number of ether oxygens (including phenoxy) is 1. The number of pyridine rings is 2. The van der Waals surface area contributed by atoms with Crippen LogP contribution in [-0.4, -0.2) is 74.8 Å². The Hall–Kier alpha value is -3.41. The molecule has 0 bridgehead atoms. The first-order valence-corrected chi connectivity index (χ1v) is 12.4. The molecule has 1 atom stereocenters. The molecule has 1 aliphatic rings. The van der Waals surface area contributed by atoms with Gasteiger partial charge in [-0.25, -0.2) is 15.0 Å². The molecule has 4 aromatic rings. The third kappa shape index (κ3) is 5.16. The highest BCUT2D eigenvalue weighted by Gasteiger charge is 2.25. The Labute approximate surface area is 207 Å². The van der Waals surface area contributed by atoms with Gasteiger partial charge >= 0.3 is 0 Å². The SMILES string of the molecule is Cc1[nH]ncc1-c1ccc2nc(Nc3cc(N4CCN(C(C=O)OC(C)C)CC4)ccn3)sc2n1. The Morgan fingerprint density at radius 3 is 2.71 bits per heavy atom. The smallest absolute Gasteiger partial charge is 0.190 e. The fourth-order valence-electron chi connectivity index (χ4n) is 4.14. The zero-order chi connectivity index (χ0) is 24.4. The standard InChI is InChI=1S/C24H28N8O2S/c1-15(2)34-22(14-33)32-10-8-31(9-11-32)17-6-7-25-21(12-17)29-24-28-20-5-4-19(27-23(20)35-24)18-13-26-30-16(18)3/h4-7,12-15,22H,8-11H2,1-3H3,(H,26,30)(H,25,28,29). The van der Waals surface area contributed by atoms with Crippen molar-refractivity contribution in [2.45, 2.75) is 33.1 Å². The Kier molecular flexibility index (Phi) is 6.71. The molecule has 1 unspecified atom stereocenters. The predicted octanol–water partition coefficient (Wildman–Crippen LogP) is 3.60. The minimum Gasteiger partial charge on any atom is -0.369 e. The van der Waals surface area contributed by atoms with Gasteiger partial charge in [0.1, 0.15) is 16.2 Å². The van der Waals surface area contributed by atoms with Crippen LogP contribution >= 0.6 is 11.3 Å². The number of anilines is 3. The van der Waals surface area contributed by atoms with Crippen LogP contribution in [0, 0.1) is 6.92 Å². The van der Waals surface area contributed by atoms with Crippen LogP contribution in [0.4, 0.5) is 16.6 Å². The highest BCUT2D eigenvalue weighted by Crippen LogP contribution is 2.30. The number of nitrogens with one attached hydrogen (secondary N) is 2. The van der Waals surface area contributed by atoms with Crippen molar-refractivity contribution in [2.75, 3.05) is 36.4 Å². The molecule has 1 fully saturated rings. The fraction of sp³-hybridized carbons (Fsp3) is 0.375. The monoisotopic (exact) mass is 492 g/mol. The molecule has 10 nitrogen and oxygen atoms in total. The van der Waals surface area contributed by atoms with Crippen LogP contribution in [0.15, 0.2) is 36.7 Å². The maximum Gasteiger partial charge on any atom is 0.190 e. The van der Waals surface area contributed by atoms with Crippen molar-refractivity contribution in [3.63, 3.8) is 0 Å². The molecule has 5 heterocycles. The first kappa shape index (κ1) is 23.3. The normalized spacial score (nSPS) is 15.6. The van der Waals surface area contributed by atoms with Gasteiger partial charge in [0, 0.05) is 55.4 Å². The first-order chi connectivity index (χ1) is 17.0. The second-order valence-electron chi connectivity index (χ2n) is 8.71. The van der Waals surface area contributed by atoms with Crippen molar-refractivity contribution in [2.24, 2.45) is 0 Å². The number of H-pyrrole nitrogens is 1. The summed E-state index contributed by atoms with van der Waals surface area (Å²) in [6, 6.07) is 7.97. The topological polar surface area (TPSA) is 112 Å². The lowest BCUT2D eigenvalue weighted by atomic mass is 10.2. The van der Waals surface area contributed by atoms with Crippen LogP contribution in [-0.2, 0) is 9.53 Å². The number of aryl methyl sites for hydroxylation is 1. The van der Waals surface area contributed by atoms with Gasteiger partial charge in [-0.15, -0.1) is 0 Å². The fourth-order valence-corrected chi connectivity index (χ4v) is 4.99. The highest BCUT2D eigenvalue weighted by atomic mass is 32.1. The van der Waals surface area contributed by atoms with E-state index in [9.17, 15) is 4.79 Å². The van der Waals surface area contributed by atoms with Crippen molar-refractivity contribution in [1.82, 2.24) is 30.0 Å². The number of hydrogen-bond donors (Lipinski definition) is 2. The van der Waals surface area contributed by atoms with E-state index in [1.807, 2.05) is 45.0 Å². The maximum absolute atomic E-state index is 11.5. The predicted molar refractivity (Wildman–Crippen MR) is 137 cm³/mol. The van der Waals surface area contributed by atoms with E-state index in [2.05, 4.69) is 35.3 Å². The van der Waals surface area contributed by atoms with Crippen LogP contribution in [0.1, 0.15) is 19.5 Å². The van der Waals surface area contributed by atoms with E-state index in [-0.39, 0.29) is 6.10 Å². The van der Waals surface area contributed by atoms with Gasteiger partial charge in [0.15, 0.2) is 17.6 Å². The van der Waals surface area contributed by atoms with Crippen LogP contribution in [0.2, 0.25) is 0 Å². The molecule has 0 radical (unpaired) electrons. The average molecular weight is 493 g/mol. The number of thiazole rings is 1. The third-order valence-corrected chi connectivity index (χ3v) is 6.79. The van der Waals surface area contributed by atoms with Gasteiger partial charge in [0.25, 0.3) is 0 Å². The molecule has 0 saturated carbocycles. The van der Waals surface area contributed by atoms with E-state index in [1.54, 1.807) is 12.4 Å². The molecule has 5 rings (SSSR count). The molecule has 11 heteroatoms. The van der Waals surface area contributed by atoms with E-state index < -0.39 is 6.23 Å². The zero-order valence-corrected chi connectivity index (χ0v) is 20.7. The molecular formula is C24H28N8O2S. The van der Waals surface area contributed by atoms with Gasteiger partial charge < -0.3 is 15.0 Å². The molecule has 35 heavy (non-hydrogen) atoms. The summed E-state index contributed by atoms with van der Waals surface area (Å²) in [7, 11) is 0. The number of aromatic nitrogens is 5. The minimum absolute atomic E-state index is 0.0103. The maximum atomic E-state index is 11.5. The van der Waals surface area contributed by atoms with Crippen molar-refractivity contribution < 1.29 is 9.53 Å². The molecule has 0 aliphatic carbocycles. The van der Waals surface area contributed by atoms with E-state index in [0.29, 0.717) is 0 Å². The van der Waals surface area contributed by atoms with Crippen LogP contribution < -0.4 is 10.2 Å². The van der Waals surface area contributed by atoms with Gasteiger partial charge in [0.05, 0.1) is 18.0 Å². The number of carbonyl (C=O) groups is 1. The highest BCUT2D eigenvalue weighted by molar-refractivity contribution is 7.21. The van der Waals surface area contributed by atoms with Crippen molar-refractivity contribution >= 4 is 44.6 Å². The molecule has 182 valence electrons. The van der Waals surface area contributed by atoms with E-state index in [1.165, 1.54) is 11.3 Å². The Bertz CT molecular complexity index is 1310. The van der Waals surface area contributed by atoms with Crippen molar-refractivity contribution in [3.8, 4) is 11.3 Å². The van der Waals surface area contributed by atoms with Crippen LogP contribution in [0.25, 0.3) is 21.6 Å². The Balaban J connectivity index is 1.27. The summed E-state index contributed by atoms with van der Waals surface area (Å²) in [4.78, 5) is 30.6. The lowest BCUT2D eigenvalue weighted by molar-refractivity contribution is -0.137. The largest absolute Gasteiger partial charge is 0.369 e. The number of aromatic amines is 1. The average Bonchev–Trinajstić information content (AvgIpc) is 3.47. The summed E-state index contributed by atoms with van der Waals surface area (Å²) < 4.78 is 5.73. The number of hydrogen-bond acceptors (Lipinski definition) is 10. The van der Waals surface area contributed by atoms with Crippen LogP contribution in [0.5, 0.6) is 0 Å². The summed E-state index contributed by atoms with van der Waals surface area (Å²) in [6.45, 7) is 8.98. The number of carbonyl (C=O) groups excluding carboxylic acids is 1. The molecule has 0 amide bonds. The molecule has 4 aromatic heterocycles. The van der Waals surface area contributed by atoms with Crippen molar-refractivity contribution in [3.05, 3.63) is 42.4 Å². The van der Waals surface area contributed by atoms with Crippen LogP contribution in [0.3, 0.4) is 0 Å². The van der Waals surface area contributed by atoms with Gasteiger partial charge in [-0.3, -0.25) is 14.8 Å². The number of piperazine rings is 1. The first-order valence-electron chi connectivity index (χ1n) is 11.6. The Morgan fingerprint density at radius 2 is 2.00 bits per heavy atom. The van der Waals surface area contributed by atoms with Gasteiger partial charge in [0.2, 0.25) is 0 Å². The zero-order valence-electron chi connectivity index (χ0n) is 19.9. The Morgan fingerprint density at radius 1 is 1.17 bits per heavy atom. The van der Waals surface area contributed by atoms with Gasteiger partial charge in [-0.1, -0.05) is 11.3 Å². The van der Waals surface area contributed by atoms with E-state index in [0.717, 1.165) is 76.4 Å². The number of rotatable bonds is 8. The molecule has 0 spiro atoms. The summed E-state index contributed by atoms with van der Waals surface area (Å²) in [5.74, 6) is 0.726. The quantitative estimate of drug-likeness (QED) is 0.356. The van der Waals surface area contributed by atoms with E-state index >= 15 is 0 Å². The second-order valence-corrected chi connectivity index (χ2v) is 9.68. The number of aldehydes is 1. The molecule has 0 aromatic carbocycles.